The summed E-state index contributed by atoms with van der Waals surface area (Å²) >= 11 is 0. The summed E-state index contributed by atoms with van der Waals surface area (Å²) in [6.07, 6.45) is 8.09. The lowest BCUT2D eigenvalue weighted by molar-refractivity contribution is 0.908. The van der Waals surface area contributed by atoms with E-state index in [4.69, 9.17) is 5.73 Å². The van der Waals surface area contributed by atoms with Gasteiger partial charge in [0.05, 0.1) is 27.6 Å². The van der Waals surface area contributed by atoms with Crippen molar-refractivity contribution in [3.63, 3.8) is 0 Å². The minimum absolute atomic E-state index is 0.199. The molecule has 6 aromatic carbocycles. The van der Waals surface area contributed by atoms with Gasteiger partial charge in [-0.25, -0.2) is 0 Å². The average Bonchev–Trinajstić information content (AvgIpc) is 3.74. The Bertz CT molecular complexity index is 2630. The van der Waals surface area contributed by atoms with Crippen molar-refractivity contribution in [3.05, 3.63) is 157 Å². The Hall–Kier alpha value is -5.64. The standard InChI is InChI=1S/C42H31N3/c1-2-3-4-20-36(43)27-13-11-14-28(26-27)44-37-21-8-5-15-29(37)32-18-12-19-33(41(32)44)31-24-25-34-30-16-6-9-22-38(30)45-39-23-10-7-17-35(39)40(31)42(34)45/h2-26,36H,43H2,1H3/b3-2-,20-4-. The third-order valence-electron chi connectivity index (χ3n) is 9.37. The molecule has 0 aliphatic carbocycles. The number of nitrogens with zero attached hydrogens (tertiary/aromatic N) is 2. The molecule has 3 heteroatoms. The molecule has 0 radical (unpaired) electrons. The van der Waals surface area contributed by atoms with Gasteiger partial charge in [-0.2, -0.15) is 0 Å². The second-order valence-corrected chi connectivity index (χ2v) is 11.8. The molecule has 3 nitrogen and oxygen atoms in total. The lowest BCUT2D eigenvalue weighted by Gasteiger charge is -2.15. The van der Waals surface area contributed by atoms with Gasteiger partial charge in [-0.3, -0.25) is 0 Å². The number of para-hydroxylation sites is 4. The summed E-state index contributed by atoms with van der Waals surface area (Å²) in [4.78, 5) is 0. The van der Waals surface area contributed by atoms with Crippen LogP contribution in [0.1, 0.15) is 18.5 Å². The van der Waals surface area contributed by atoms with Crippen molar-refractivity contribution in [2.75, 3.05) is 0 Å². The zero-order valence-electron chi connectivity index (χ0n) is 25.0. The van der Waals surface area contributed by atoms with Gasteiger partial charge >= 0.3 is 0 Å². The van der Waals surface area contributed by atoms with E-state index < -0.39 is 0 Å². The fraction of sp³-hybridized carbons (Fsp3) is 0.0476. The predicted molar refractivity (Wildman–Crippen MR) is 192 cm³/mol. The summed E-state index contributed by atoms with van der Waals surface area (Å²) in [5.74, 6) is 0. The minimum Gasteiger partial charge on any atom is -0.321 e. The molecule has 0 bridgehead atoms. The fourth-order valence-corrected chi connectivity index (χ4v) is 7.47. The largest absolute Gasteiger partial charge is 0.321 e. The first-order chi connectivity index (χ1) is 22.2. The van der Waals surface area contributed by atoms with Gasteiger partial charge in [0.1, 0.15) is 0 Å². The highest BCUT2D eigenvalue weighted by molar-refractivity contribution is 6.28. The summed E-state index contributed by atoms with van der Waals surface area (Å²) in [6, 6.07) is 46.2. The van der Waals surface area contributed by atoms with Crippen molar-refractivity contribution < 1.29 is 0 Å². The minimum atomic E-state index is -0.199. The number of hydrogen-bond donors (Lipinski definition) is 1. The van der Waals surface area contributed by atoms with Crippen molar-refractivity contribution in [2.45, 2.75) is 13.0 Å². The molecule has 3 heterocycles. The first-order valence-electron chi connectivity index (χ1n) is 15.6. The third kappa shape index (κ3) is 3.68. The summed E-state index contributed by atoms with van der Waals surface area (Å²) in [5, 5.41) is 7.64. The molecule has 45 heavy (non-hydrogen) atoms. The Morgan fingerprint density at radius 2 is 1.20 bits per heavy atom. The maximum absolute atomic E-state index is 6.65. The van der Waals surface area contributed by atoms with Gasteiger partial charge < -0.3 is 14.7 Å². The highest BCUT2D eigenvalue weighted by Crippen LogP contribution is 2.46. The average molecular weight is 578 g/mol. The van der Waals surface area contributed by atoms with Crippen LogP contribution in [0.4, 0.5) is 0 Å². The molecule has 0 saturated carbocycles. The normalized spacial score (nSPS) is 13.3. The molecule has 0 amide bonds. The fourth-order valence-electron chi connectivity index (χ4n) is 7.47. The summed E-state index contributed by atoms with van der Waals surface area (Å²) in [5.41, 5.74) is 17.5. The van der Waals surface area contributed by atoms with Gasteiger partial charge in [0, 0.05) is 49.6 Å². The molecule has 1 unspecified atom stereocenters. The van der Waals surface area contributed by atoms with Gasteiger partial charge in [-0.15, -0.1) is 0 Å². The van der Waals surface area contributed by atoms with Crippen LogP contribution in [0, 0.1) is 0 Å². The molecule has 3 aromatic heterocycles. The summed E-state index contributed by atoms with van der Waals surface area (Å²) < 4.78 is 4.89. The molecule has 0 saturated heterocycles. The molecular formula is C42H31N3. The monoisotopic (exact) mass is 577 g/mol. The third-order valence-corrected chi connectivity index (χ3v) is 9.37. The lowest BCUT2D eigenvalue weighted by Crippen LogP contribution is -2.07. The number of hydrogen-bond acceptors (Lipinski definition) is 1. The second-order valence-electron chi connectivity index (χ2n) is 11.8. The second kappa shape index (κ2) is 9.95. The Kier molecular flexibility index (Phi) is 5.71. The van der Waals surface area contributed by atoms with E-state index in [0.717, 1.165) is 11.3 Å². The van der Waals surface area contributed by atoms with Crippen LogP contribution in [0.2, 0.25) is 0 Å². The van der Waals surface area contributed by atoms with Crippen LogP contribution in [0.3, 0.4) is 0 Å². The molecular weight excluding hydrogens is 546 g/mol. The van der Waals surface area contributed by atoms with Gasteiger partial charge in [0.25, 0.3) is 0 Å². The number of rotatable bonds is 5. The van der Waals surface area contributed by atoms with E-state index in [1.807, 2.05) is 31.2 Å². The number of aromatic nitrogens is 2. The molecule has 0 aliphatic rings. The number of allylic oxidation sites excluding steroid dienone is 3. The van der Waals surface area contributed by atoms with Gasteiger partial charge in [-0.1, -0.05) is 121 Å². The number of benzene rings is 6. The van der Waals surface area contributed by atoms with E-state index in [1.165, 1.54) is 71.0 Å². The van der Waals surface area contributed by atoms with Crippen molar-refractivity contribution in [1.82, 2.24) is 8.97 Å². The van der Waals surface area contributed by atoms with Crippen LogP contribution in [0.5, 0.6) is 0 Å². The SMILES string of the molecule is C/C=C\C=C/C(N)c1cccc(-n2c3ccccc3c3cccc(-c4ccc5c6ccccc6n6c7ccccc7c4c56)c32)c1. The zero-order chi connectivity index (χ0) is 30.1. The van der Waals surface area contributed by atoms with Crippen LogP contribution in [0.25, 0.3) is 76.7 Å². The van der Waals surface area contributed by atoms with Crippen LogP contribution in [-0.4, -0.2) is 8.97 Å². The summed E-state index contributed by atoms with van der Waals surface area (Å²) in [6.45, 7) is 2.01. The van der Waals surface area contributed by atoms with Crippen LogP contribution < -0.4 is 5.73 Å². The predicted octanol–water partition coefficient (Wildman–Crippen LogP) is 10.7. The molecule has 9 rings (SSSR count). The Labute approximate surface area is 261 Å². The Morgan fingerprint density at radius 1 is 0.556 bits per heavy atom. The topological polar surface area (TPSA) is 35.4 Å². The van der Waals surface area contributed by atoms with Gasteiger partial charge in [0.15, 0.2) is 0 Å². The van der Waals surface area contributed by atoms with Crippen molar-refractivity contribution in [1.29, 1.82) is 0 Å². The maximum atomic E-state index is 6.65. The van der Waals surface area contributed by atoms with Crippen LogP contribution >= 0.6 is 0 Å². The van der Waals surface area contributed by atoms with Crippen molar-refractivity contribution in [3.8, 4) is 16.8 Å². The first-order valence-corrected chi connectivity index (χ1v) is 15.6. The van der Waals surface area contributed by atoms with Crippen molar-refractivity contribution >= 4 is 59.9 Å². The maximum Gasteiger partial charge on any atom is 0.0626 e. The smallest absolute Gasteiger partial charge is 0.0626 e. The molecule has 0 fully saturated rings. The van der Waals surface area contributed by atoms with Crippen molar-refractivity contribution in [2.24, 2.45) is 5.73 Å². The van der Waals surface area contributed by atoms with Crippen LogP contribution in [-0.2, 0) is 0 Å². The quantitative estimate of drug-likeness (QED) is 0.203. The first kappa shape index (κ1) is 25.8. The number of nitrogens with two attached hydrogens (primary N) is 1. The molecule has 9 aromatic rings. The number of fused-ring (bicyclic) bond motifs is 9. The van der Waals surface area contributed by atoms with E-state index in [9.17, 15) is 0 Å². The highest BCUT2D eigenvalue weighted by atomic mass is 15.0. The van der Waals surface area contributed by atoms with Crippen LogP contribution in [0.15, 0.2) is 152 Å². The zero-order valence-corrected chi connectivity index (χ0v) is 25.0. The molecule has 2 N–H and O–H groups in total. The lowest BCUT2D eigenvalue weighted by atomic mass is 9.95. The highest BCUT2D eigenvalue weighted by Gasteiger charge is 2.23. The van der Waals surface area contributed by atoms with E-state index in [-0.39, 0.29) is 6.04 Å². The Balaban J connectivity index is 1.39. The van der Waals surface area contributed by atoms with E-state index in [1.54, 1.807) is 0 Å². The van der Waals surface area contributed by atoms with Gasteiger partial charge in [-0.05, 0) is 48.4 Å². The van der Waals surface area contributed by atoms with E-state index in [0.29, 0.717) is 0 Å². The Morgan fingerprint density at radius 3 is 2.00 bits per heavy atom. The van der Waals surface area contributed by atoms with E-state index >= 15 is 0 Å². The molecule has 0 spiro atoms. The van der Waals surface area contributed by atoms with E-state index in [2.05, 4.69) is 136 Å². The molecule has 0 aliphatic heterocycles. The van der Waals surface area contributed by atoms with Gasteiger partial charge in [0.2, 0.25) is 0 Å². The molecule has 214 valence electrons. The molecule has 1 atom stereocenters. The summed E-state index contributed by atoms with van der Waals surface area (Å²) in [7, 11) is 0.